The van der Waals surface area contributed by atoms with Gasteiger partial charge in [0.2, 0.25) is 11.8 Å². The summed E-state index contributed by atoms with van der Waals surface area (Å²) >= 11 is 0. The molecule has 0 saturated heterocycles. The molecule has 1 aromatic carbocycles. The molecule has 0 spiro atoms. The largest absolute Gasteiger partial charge is 0.368 e. The lowest BCUT2D eigenvalue weighted by Gasteiger charge is -2.18. The van der Waals surface area contributed by atoms with E-state index in [2.05, 4.69) is 11.8 Å². The third-order valence-corrected chi connectivity index (χ3v) is 2.93. The first-order valence-corrected chi connectivity index (χ1v) is 7.14. The second-order valence-corrected chi connectivity index (χ2v) is 4.71. The van der Waals surface area contributed by atoms with Gasteiger partial charge in [0.25, 0.3) is 0 Å². The molecule has 0 fully saturated rings. The van der Waals surface area contributed by atoms with Crippen LogP contribution < -0.4 is 5.73 Å². The number of nitrogens with two attached hydrogens (primary N) is 1. The number of hydrogen-bond acceptors (Lipinski definition) is 3. The Morgan fingerprint density at radius 2 is 1.77 bits per heavy atom. The van der Waals surface area contributed by atoms with Crippen LogP contribution in [-0.2, 0) is 9.59 Å². The molecule has 0 aliphatic heterocycles. The predicted molar refractivity (Wildman–Crippen MR) is 83.8 cm³/mol. The Morgan fingerprint density at radius 1 is 1.09 bits per heavy atom. The molecule has 22 heavy (non-hydrogen) atoms. The third kappa shape index (κ3) is 6.23. The fraction of sp³-hybridized carbons (Fsp3) is 0.353. The summed E-state index contributed by atoms with van der Waals surface area (Å²) in [7, 11) is 0. The zero-order valence-electron chi connectivity index (χ0n) is 12.7. The molecule has 0 aliphatic carbocycles. The van der Waals surface area contributed by atoms with Gasteiger partial charge in [0.05, 0.1) is 6.54 Å². The fourth-order valence-electron chi connectivity index (χ4n) is 1.84. The van der Waals surface area contributed by atoms with Gasteiger partial charge >= 0.3 is 0 Å². The third-order valence-electron chi connectivity index (χ3n) is 2.93. The van der Waals surface area contributed by atoms with Gasteiger partial charge < -0.3 is 10.6 Å². The van der Waals surface area contributed by atoms with E-state index in [4.69, 9.17) is 5.73 Å². The maximum Gasteiger partial charge on any atom is 0.237 e. The van der Waals surface area contributed by atoms with Gasteiger partial charge in [-0.05, 0) is 0 Å². The van der Waals surface area contributed by atoms with Crippen LogP contribution in [0.15, 0.2) is 30.3 Å². The highest BCUT2D eigenvalue weighted by atomic mass is 16.2. The van der Waals surface area contributed by atoms with E-state index in [1.54, 1.807) is 24.3 Å². The van der Waals surface area contributed by atoms with Crippen molar-refractivity contribution in [2.75, 3.05) is 13.1 Å². The number of Topliss-reactive ketones (excluding diaryl/α,β-unsaturated/α-hetero) is 1. The number of carbonyl (C=O) groups is 3. The van der Waals surface area contributed by atoms with Crippen molar-refractivity contribution in [3.05, 3.63) is 35.9 Å². The highest BCUT2D eigenvalue weighted by Gasteiger charge is 2.16. The molecule has 0 bridgehead atoms. The van der Waals surface area contributed by atoms with Gasteiger partial charge in [-0.3, -0.25) is 14.4 Å². The normalized spacial score (nSPS) is 9.50. The maximum absolute atomic E-state index is 12.1. The van der Waals surface area contributed by atoms with Crippen LogP contribution in [0.25, 0.3) is 0 Å². The molecule has 1 aromatic rings. The molecule has 0 unspecified atom stereocenters. The molecular weight excluding hydrogens is 280 g/mol. The Morgan fingerprint density at radius 3 is 2.36 bits per heavy atom. The standard InChI is InChI=1S/C17H20N2O3/c1-2-3-7-12-19(13-16(18)21)17(22)11-10-15(20)14-8-5-4-6-9-14/h4-6,8-9H,2,10-13H2,1H3,(H2,18,21). The number of nitrogens with zero attached hydrogens (tertiary/aromatic N) is 1. The van der Waals surface area contributed by atoms with Crippen LogP contribution >= 0.6 is 0 Å². The van der Waals surface area contributed by atoms with Gasteiger partial charge in [0.15, 0.2) is 5.78 Å². The lowest BCUT2D eigenvalue weighted by Crippen LogP contribution is -2.38. The van der Waals surface area contributed by atoms with Crippen molar-refractivity contribution in [1.29, 1.82) is 0 Å². The predicted octanol–water partition coefficient (Wildman–Crippen LogP) is 1.38. The van der Waals surface area contributed by atoms with Crippen LogP contribution in [0.2, 0.25) is 0 Å². The molecule has 5 heteroatoms. The zero-order chi connectivity index (χ0) is 16.4. The SMILES string of the molecule is CCC#CCN(CC(N)=O)C(=O)CCC(=O)c1ccccc1. The van der Waals surface area contributed by atoms with Gasteiger partial charge in [-0.2, -0.15) is 0 Å². The Hall–Kier alpha value is -2.61. The number of ketones is 1. The number of carbonyl (C=O) groups excluding carboxylic acids is 3. The summed E-state index contributed by atoms with van der Waals surface area (Å²) < 4.78 is 0. The van der Waals surface area contributed by atoms with Crippen LogP contribution in [0.5, 0.6) is 0 Å². The summed E-state index contributed by atoms with van der Waals surface area (Å²) in [4.78, 5) is 36.4. The molecule has 116 valence electrons. The maximum atomic E-state index is 12.1. The second-order valence-electron chi connectivity index (χ2n) is 4.71. The molecule has 5 nitrogen and oxygen atoms in total. The second kappa shape index (κ2) is 9.35. The van der Waals surface area contributed by atoms with Crippen LogP contribution in [0.4, 0.5) is 0 Å². The molecule has 2 N–H and O–H groups in total. The molecule has 0 aromatic heterocycles. The van der Waals surface area contributed by atoms with E-state index in [0.29, 0.717) is 12.0 Å². The van der Waals surface area contributed by atoms with E-state index in [1.807, 2.05) is 13.0 Å². The van der Waals surface area contributed by atoms with E-state index >= 15 is 0 Å². The van der Waals surface area contributed by atoms with Gasteiger partial charge in [-0.1, -0.05) is 43.2 Å². The van der Waals surface area contributed by atoms with Gasteiger partial charge in [0, 0.05) is 24.8 Å². The highest BCUT2D eigenvalue weighted by Crippen LogP contribution is 2.06. The van der Waals surface area contributed by atoms with Crippen molar-refractivity contribution in [3.63, 3.8) is 0 Å². The van der Waals surface area contributed by atoms with E-state index in [1.165, 1.54) is 4.90 Å². The van der Waals surface area contributed by atoms with Crippen molar-refractivity contribution in [2.24, 2.45) is 5.73 Å². The van der Waals surface area contributed by atoms with E-state index in [9.17, 15) is 14.4 Å². The van der Waals surface area contributed by atoms with E-state index in [-0.39, 0.29) is 37.6 Å². The Balaban J connectivity index is 2.58. The molecule has 0 saturated carbocycles. The number of benzene rings is 1. The molecule has 1 rings (SSSR count). The average molecular weight is 300 g/mol. The molecular formula is C17H20N2O3. The molecule has 0 atom stereocenters. The minimum atomic E-state index is -0.596. The first kappa shape index (κ1) is 17.4. The summed E-state index contributed by atoms with van der Waals surface area (Å²) in [6.45, 7) is 1.86. The first-order valence-electron chi connectivity index (χ1n) is 7.14. The number of primary amides is 1. The number of rotatable bonds is 7. The summed E-state index contributed by atoms with van der Waals surface area (Å²) in [5.41, 5.74) is 5.71. The Labute approximate surface area is 130 Å². The van der Waals surface area contributed by atoms with Gasteiger partial charge in [0.1, 0.15) is 6.54 Å². The lowest BCUT2D eigenvalue weighted by atomic mass is 10.1. The van der Waals surface area contributed by atoms with Crippen molar-refractivity contribution in [3.8, 4) is 11.8 Å². The van der Waals surface area contributed by atoms with E-state index in [0.717, 1.165) is 0 Å². The van der Waals surface area contributed by atoms with Crippen LogP contribution in [0, 0.1) is 11.8 Å². The van der Waals surface area contributed by atoms with Gasteiger partial charge in [-0.25, -0.2) is 0 Å². The summed E-state index contributed by atoms with van der Waals surface area (Å²) in [5.74, 6) is 4.64. The van der Waals surface area contributed by atoms with E-state index < -0.39 is 5.91 Å². The Bertz CT molecular complexity index is 585. The average Bonchev–Trinajstić information content (AvgIpc) is 2.52. The summed E-state index contributed by atoms with van der Waals surface area (Å²) in [6, 6.07) is 8.79. The summed E-state index contributed by atoms with van der Waals surface area (Å²) in [6.07, 6.45) is 0.805. The minimum Gasteiger partial charge on any atom is -0.368 e. The Kier molecular flexibility index (Phi) is 7.41. The van der Waals surface area contributed by atoms with Crippen LogP contribution in [0.3, 0.4) is 0 Å². The topological polar surface area (TPSA) is 80.5 Å². The minimum absolute atomic E-state index is 0.0365. The van der Waals surface area contributed by atoms with Crippen LogP contribution in [0.1, 0.15) is 36.5 Å². The molecule has 2 amide bonds. The monoisotopic (exact) mass is 300 g/mol. The summed E-state index contributed by atoms with van der Waals surface area (Å²) in [5, 5.41) is 0. The molecule has 0 heterocycles. The quantitative estimate of drug-likeness (QED) is 0.610. The smallest absolute Gasteiger partial charge is 0.237 e. The zero-order valence-corrected chi connectivity index (χ0v) is 12.7. The van der Waals surface area contributed by atoms with Crippen molar-refractivity contribution < 1.29 is 14.4 Å². The highest BCUT2D eigenvalue weighted by molar-refractivity contribution is 5.98. The number of hydrogen-bond donors (Lipinski definition) is 1. The van der Waals surface area contributed by atoms with Crippen LogP contribution in [-0.4, -0.2) is 35.6 Å². The first-order chi connectivity index (χ1) is 10.5. The van der Waals surface area contributed by atoms with Crippen molar-refractivity contribution in [1.82, 2.24) is 4.90 Å². The lowest BCUT2D eigenvalue weighted by molar-refractivity contribution is -0.134. The van der Waals surface area contributed by atoms with Crippen molar-refractivity contribution in [2.45, 2.75) is 26.2 Å². The fourth-order valence-corrected chi connectivity index (χ4v) is 1.84. The molecule has 0 aliphatic rings. The van der Waals surface area contributed by atoms with Crippen molar-refractivity contribution >= 4 is 17.6 Å². The van der Waals surface area contributed by atoms with Gasteiger partial charge in [-0.15, -0.1) is 5.92 Å². The number of amides is 2. The molecule has 0 radical (unpaired) electrons.